The molecule has 0 aliphatic carbocycles. The van der Waals surface area contributed by atoms with E-state index in [-0.39, 0.29) is 5.91 Å². The van der Waals surface area contributed by atoms with Crippen molar-refractivity contribution in [3.63, 3.8) is 0 Å². The standard InChI is InChI=1S/C21H28N4O3/c1-4-28-18-7-6-17(13-19(18)27-3)21(26)23-15-16-5-8-20(22-14-16)25-11-9-24(2)10-12-25/h5-8,13-14H,4,9-12,15H2,1-3H3,(H,23,26). The largest absolute Gasteiger partial charge is 0.493 e. The van der Waals surface area contributed by atoms with E-state index in [1.54, 1.807) is 25.3 Å². The van der Waals surface area contributed by atoms with E-state index in [0.717, 1.165) is 37.6 Å². The number of nitrogens with zero attached hydrogens (tertiary/aromatic N) is 3. The molecule has 2 heterocycles. The number of pyridine rings is 1. The molecule has 0 saturated carbocycles. The van der Waals surface area contributed by atoms with Crippen molar-refractivity contribution in [2.45, 2.75) is 13.5 Å². The van der Waals surface area contributed by atoms with Crippen molar-refractivity contribution in [3.8, 4) is 11.5 Å². The lowest BCUT2D eigenvalue weighted by molar-refractivity contribution is 0.0950. The topological polar surface area (TPSA) is 66.9 Å². The number of nitrogens with one attached hydrogen (secondary N) is 1. The average Bonchev–Trinajstić information content (AvgIpc) is 2.73. The van der Waals surface area contributed by atoms with E-state index in [4.69, 9.17) is 9.47 Å². The van der Waals surface area contributed by atoms with Crippen LogP contribution < -0.4 is 19.7 Å². The third kappa shape index (κ3) is 4.92. The number of amides is 1. The molecular weight excluding hydrogens is 356 g/mol. The van der Waals surface area contributed by atoms with Crippen molar-refractivity contribution in [1.82, 2.24) is 15.2 Å². The number of piperazine rings is 1. The third-order valence-corrected chi connectivity index (χ3v) is 4.82. The van der Waals surface area contributed by atoms with Gasteiger partial charge in [-0.25, -0.2) is 4.98 Å². The van der Waals surface area contributed by atoms with E-state index in [9.17, 15) is 4.79 Å². The molecule has 1 aromatic carbocycles. The van der Waals surface area contributed by atoms with Crippen molar-refractivity contribution in [1.29, 1.82) is 0 Å². The zero-order valence-electron chi connectivity index (χ0n) is 16.8. The SMILES string of the molecule is CCOc1ccc(C(=O)NCc2ccc(N3CCN(C)CC3)nc2)cc1OC. The number of methoxy groups -OCH3 is 1. The van der Waals surface area contributed by atoms with Crippen LogP contribution in [0.3, 0.4) is 0 Å². The predicted octanol–water partition coefficient (Wildman–Crippen LogP) is 2.17. The van der Waals surface area contributed by atoms with E-state index in [1.807, 2.05) is 25.3 Å². The van der Waals surface area contributed by atoms with Gasteiger partial charge in [-0.3, -0.25) is 4.79 Å². The summed E-state index contributed by atoms with van der Waals surface area (Å²) < 4.78 is 10.8. The summed E-state index contributed by atoms with van der Waals surface area (Å²) in [6.45, 7) is 6.93. The highest BCUT2D eigenvalue weighted by molar-refractivity contribution is 5.94. The van der Waals surface area contributed by atoms with Gasteiger partial charge in [-0.2, -0.15) is 0 Å². The van der Waals surface area contributed by atoms with Crippen molar-refractivity contribution < 1.29 is 14.3 Å². The Balaban J connectivity index is 1.57. The molecule has 1 aliphatic heterocycles. The van der Waals surface area contributed by atoms with Crippen LogP contribution in [-0.2, 0) is 6.54 Å². The fourth-order valence-electron chi connectivity index (χ4n) is 3.11. The number of ether oxygens (including phenoxy) is 2. The second kappa shape index (κ2) is 9.41. The number of rotatable bonds is 7. The van der Waals surface area contributed by atoms with Gasteiger partial charge >= 0.3 is 0 Å². The van der Waals surface area contributed by atoms with Crippen LogP contribution in [0.4, 0.5) is 5.82 Å². The van der Waals surface area contributed by atoms with Gasteiger partial charge in [0, 0.05) is 44.5 Å². The normalized spacial score (nSPS) is 14.6. The highest BCUT2D eigenvalue weighted by Gasteiger charge is 2.15. The van der Waals surface area contributed by atoms with Crippen LogP contribution in [0.2, 0.25) is 0 Å². The van der Waals surface area contributed by atoms with Gasteiger partial charge in [0.25, 0.3) is 5.91 Å². The fourth-order valence-corrected chi connectivity index (χ4v) is 3.11. The second-order valence-corrected chi connectivity index (χ2v) is 6.80. The first-order chi connectivity index (χ1) is 13.6. The monoisotopic (exact) mass is 384 g/mol. The molecule has 1 aromatic heterocycles. The number of hydrogen-bond acceptors (Lipinski definition) is 6. The summed E-state index contributed by atoms with van der Waals surface area (Å²) in [4.78, 5) is 21.6. The summed E-state index contributed by atoms with van der Waals surface area (Å²) in [5, 5.41) is 2.93. The summed E-state index contributed by atoms with van der Waals surface area (Å²) in [6.07, 6.45) is 1.83. The lowest BCUT2D eigenvalue weighted by Gasteiger charge is -2.33. The number of hydrogen-bond donors (Lipinski definition) is 1. The van der Waals surface area contributed by atoms with E-state index >= 15 is 0 Å². The number of anilines is 1. The van der Waals surface area contributed by atoms with Gasteiger partial charge < -0.3 is 24.6 Å². The van der Waals surface area contributed by atoms with Crippen LogP contribution in [0, 0.1) is 0 Å². The van der Waals surface area contributed by atoms with Gasteiger partial charge in [0.1, 0.15) is 5.82 Å². The Hall–Kier alpha value is -2.80. The molecule has 28 heavy (non-hydrogen) atoms. The molecule has 1 saturated heterocycles. The quantitative estimate of drug-likeness (QED) is 0.789. The maximum atomic E-state index is 12.5. The summed E-state index contributed by atoms with van der Waals surface area (Å²) in [7, 11) is 3.70. The van der Waals surface area contributed by atoms with Crippen LogP contribution in [0.25, 0.3) is 0 Å². The number of aromatic nitrogens is 1. The van der Waals surface area contributed by atoms with E-state index in [0.29, 0.717) is 30.2 Å². The van der Waals surface area contributed by atoms with Gasteiger partial charge in [-0.15, -0.1) is 0 Å². The first-order valence-electron chi connectivity index (χ1n) is 9.58. The molecule has 1 fully saturated rings. The minimum atomic E-state index is -0.163. The van der Waals surface area contributed by atoms with Gasteiger partial charge in [-0.1, -0.05) is 6.07 Å². The maximum Gasteiger partial charge on any atom is 0.251 e. The Morgan fingerprint density at radius 3 is 2.57 bits per heavy atom. The zero-order valence-corrected chi connectivity index (χ0v) is 16.8. The van der Waals surface area contributed by atoms with Gasteiger partial charge in [0.15, 0.2) is 11.5 Å². The molecule has 7 heteroatoms. The lowest BCUT2D eigenvalue weighted by Crippen LogP contribution is -2.44. The summed E-state index contributed by atoms with van der Waals surface area (Å²) in [5.74, 6) is 2.00. The Morgan fingerprint density at radius 1 is 1.14 bits per heavy atom. The van der Waals surface area contributed by atoms with Crippen LogP contribution in [0.5, 0.6) is 11.5 Å². The van der Waals surface area contributed by atoms with Crippen molar-refractivity contribution in [3.05, 3.63) is 47.7 Å². The molecule has 3 rings (SSSR count). The first kappa shape index (κ1) is 19.9. The van der Waals surface area contributed by atoms with Crippen LogP contribution in [-0.4, -0.2) is 62.7 Å². The Kier molecular flexibility index (Phi) is 6.71. The molecule has 0 unspecified atom stereocenters. The van der Waals surface area contributed by atoms with Crippen molar-refractivity contribution in [2.24, 2.45) is 0 Å². The van der Waals surface area contributed by atoms with Crippen LogP contribution in [0.1, 0.15) is 22.8 Å². The third-order valence-electron chi connectivity index (χ3n) is 4.82. The van der Waals surface area contributed by atoms with Crippen molar-refractivity contribution >= 4 is 11.7 Å². The Bertz CT molecular complexity index is 787. The number of carbonyl (C=O) groups is 1. The molecule has 0 bridgehead atoms. The molecule has 1 amide bonds. The summed E-state index contributed by atoms with van der Waals surface area (Å²) in [6, 6.07) is 9.21. The van der Waals surface area contributed by atoms with Gasteiger partial charge in [0.2, 0.25) is 0 Å². The van der Waals surface area contributed by atoms with Crippen LogP contribution >= 0.6 is 0 Å². The molecule has 0 atom stereocenters. The Labute approximate surface area is 166 Å². The first-order valence-corrected chi connectivity index (χ1v) is 9.58. The minimum absolute atomic E-state index is 0.163. The number of likely N-dealkylation sites (N-methyl/N-ethyl adjacent to an activating group) is 1. The van der Waals surface area contributed by atoms with E-state index in [2.05, 4.69) is 27.1 Å². The van der Waals surface area contributed by atoms with E-state index in [1.165, 1.54) is 0 Å². The van der Waals surface area contributed by atoms with E-state index < -0.39 is 0 Å². The number of benzene rings is 1. The molecule has 0 spiro atoms. The zero-order chi connectivity index (χ0) is 19.9. The molecular formula is C21H28N4O3. The second-order valence-electron chi connectivity index (χ2n) is 6.80. The summed E-state index contributed by atoms with van der Waals surface area (Å²) in [5.41, 5.74) is 1.49. The van der Waals surface area contributed by atoms with Gasteiger partial charge in [0.05, 0.1) is 13.7 Å². The number of carbonyl (C=O) groups excluding carboxylic acids is 1. The minimum Gasteiger partial charge on any atom is -0.493 e. The summed E-state index contributed by atoms with van der Waals surface area (Å²) >= 11 is 0. The molecule has 1 N–H and O–H groups in total. The average molecular weight is 384 g/mol. The highest BCUT2D eigenvalue weighted by atomic mass is 16.5. The fraction of sp³-hybridized carbons (Fsp3) is 0.429. The Morgan fingerprint density at radius 2 is 1.93 bits per heavy atom. The highest BCUT2D eigenvalue weighted by Crippen LogP contribution is 2.28. The molecule has 150 valence electrons. The smallest absolute Gasteiger partial charge is 0.251 e. The maximum absolute atomic E-state index is 12.5. The molecule has 0 radical (unpaired) electrons. The van der Waals surface area contributed by atoms with Crippen LogP contribution in [0.15, 0.2) is 36.5 Å². The molecule has 7 nitrogen and oxygen atoms in total. The lowest BCUT2D eigenvalue weighted by atomic mass is 10.2. The predicted molar refractivity (Wildman–Crippen MR) is 109 cm³/mol. The van der Waals surface area contributed by atoms with Crippen molar-refractivity contribution in [2.75, 3.05) is 51.8 Å². The molecule has 1 aliphatic rings. The molecule has 2 aromatic rings. The van der Waals surface area contributed by atoms with Gasteiger partial charge in [-0.05, 0) is 43.8 Å².